The fraction of sp³-hybridized carbons (Fsp3) is 0.250. The summed E-state index contributed by atoms with van der Waals surface area (Å²) in [7, 11) is 3.10. The number of hydrogen-bond donors (Lipinski definition) is 0. The molecule has 1 aromatic heterocycles. The number of oxazole rings is 1. The topological polar surface area (TPSA) is 79.4 Å². The molecule has 3 rings (SSSR count). The number of amides is 1. The molecule has 0 saturated heterocycles. The molecular weight excluding hydrogens is 349 g/mol. The highest BCUT2D eigenvalue weighted by Crippen LogP contribution is 2.35. The van der Waals surface area contributed by atoms with E-state index in [0.29, 0.717) is 24.3 Å². The lowest BCUT2D eigenvalue weighted by molar-refractivity contribution is 0.0708. The number of aromatic nitrogens is 1. The maximum Gasteiger partial charge on any atom is 0.309 e. The van der Waals surface area contributed by atoms with E-state index >= 15 is 4.39 Å². The zero-order chi connectivity index (χ0) is 19.6. The predicted octanol–water partition coefficient (Wildman–Crippen LogP) is 3.53. The number of likely N-dealkylation sites (N-methyl/N-ethyl adjacent to an activating group) is 1. The van der Waals surface area contributed by atoms with Crippen molar-refractivity contribution in [3.63, 3.8) is 0 Å². The Hall–Kier alpha value is -3.24. The van der Waals surface area contributed by atoms with E-state index in [1.54, 1.807) is 38.2 Å². The number of nitrogens with zero attached hydrogens (tertiary/aromatic N) is 3. The van der Waals surface area contributed by atoms with Crippen molar-refractivity contribution in [2.75, 3.05) is 27.3 Å². The molecule has 0 aliphatic rings. The van der Waals surface area contributed by atoms with Crippen molar-refractivity contribution in [1.82, 2.24) is 9.88 Å². The summed E-state index contributed by atoms with van der Waals surface area (Å²) < 4.78 is 25.6. The highest BCUT2D eigenvalue weighted by molar-refractivity contribution is 5.95. The van der Waals surface area contributed by atoms with Gasteiger partial charge in [0.05, 0.1) is 12.2 Å². The van der Waals surface area contributed by atoms with Gasteiger partial charge < -0.3 is 14.1 Å². The predicted molar refractivity (Wildman–Crippen MR) is 97.7 cm³/mol. The number of hydrogen-bond acceptors (Lipinski definition) is 5. The first-order chi connectivity index (χ1) is 13.0. The maximum atomic E-state index is 15.2. The molecule has 3 aromatic rings. The molecule has 138 valence electrons. The van der Waals surface area contributed by atoms with Gasteiger partial charge >= 0.3 is 5.91 Å². The van der Waals surface area contributed by atoms with Crippen LogP contribution in [0.1, 0.15) is 21.8 Å². The number of methoxy groups -OCH3 is 1. The summed E-state index contributed by atoms with van der Waals surface area (Å²) in [4.78, 5) is 18.0. The molecule has 0 fully saturated rings. The first-order valence-corrected chi connectivity index (χ1v) is 8.32. The normalized spacial score (nSPS) is 10.8. The van der Waals surface area contributed by atoms with Gasteiger partial charge in [-0.25, -0.2) is 9.37 Å². The van der Waals surface area contributed by atoms with Crippen LogP contribution in [0, 0.1) is 24.1 Å². The van der Waals surface area contributed by atoms with Crippen molar-refractivity contribution in [2.24, 2.45) is 0 Å². The van der Waals surface area contributed by atoms with Crippen LogP contribution in [0.25, 0.3) is 22.2 Å². The Balaban J connectivity index is 2.18. The quantitative estimate of drug-likeness (QED) is 0.689. The molecule has 0 unspecified atom stereocenters. The fourth-order valence-corrected chi connectivity index (χ4v) is 2.89. The third-order valence-corrected chi connectivity index (χ3v) is 4.37. The summed E-state index contributed by atoms with van der Waals surface area (Å²) in [6.45, 7) is 2.33. The summed E-state index contributed by atoms with van der Waals surface area (Å²) in [5, 5.41) is 9.59. The van der Waals surface area contributed by atoms with Crippen molar-refractivity contribution in [3.05, 3.63) is 53.2 Å². The number of ether oxygens (including phenoxy) is 1. The van der Waals surface area contributed by atoms with Crippen molar-refractivity contribution >= 4 is 17.0 Å². The lowest BCUT2D eigenvalue weighted by Crippen LogP contribution is -2.30. The van der Waals surface area contributed by atoms with Crippen molar-refractivity contribution < 1.29 is 18.3 Å². The molecule has 2 aromatic carbocycles. The van der Waals surface area contributed by atoms with Crippen LogP contribution in [-0.2, 0) is 4.74 Å². The number of benzene rings is 2. The zero-order valence-electron chi connectivity index (χ0n) is 15.2. The Kier molecular flexibility index (Phi) is 5.19. The van der Waals surface area contributed by atoms with Gasteiger partial charge in [-0.3, -0.25) is 4.79 Å². The second kappa shape index (κ2) is 7.56. The molecule has 7 heteroatoms. The monoisotopic (exact) mass is 367 g/mol. The molecule has 6 nitrogen and oxygen atoms in total. The van der Waals surface area contributed by atoms with Crippen LogP contribution < -0.4 is 0 Å². The second-order valence-corrected chi connectivity index (χ2v) is 6.08. The molecule has 0 aliphatic heterocycles. The van der Waals surface area contributed by atoms with Crippen molar-refractivity contribution in [3.8, 4) is 17.2 Å². The van der Waals surface area contributed by atoms with Gasteiger partial charge in [-0.1, -0.05) is 30.3 Å². The van der Waals surface area contributed by atoms with E-state index in [1.165, 1.54) is 12.0 Å². The number of carbonyl (C=O) groups is 1. The van der Waals surface area contributed by atoms with Crippen LogP contribution in [0.5, 0.6) is 0 Å². The summed E-state index contributed by atoms with van der Waals surface area (Å²) in [6.07, 6.45) is 0. The van der Waals surface area contributed by atoms with Crippen LogP contribution in [0.15, 0.2) is 34.7 Å². The van der Waals surface area contributed by atoms with Crippen LogP contribution in [0.4, 0.5) is 4.39 Å². The highest BCUT2D eigenvalue weighted by atomic mass is 19.1. The van der Waals surface area contributed by atoms with Crippen LogP contribution in [-0.4, -0.2) is 43.1 Å². The minimum Gasteiger partial charge on any atom is -0.429 e. The second-order valence-electron chi connectivity index (χ2n) is 6.08. The van der Waals surface area contributed by atoms with Crippen molar-refractivity contribution in [2.45, 2.75) is 6.92 Å². The van der Waals surface area contributed by atoms with Gasteiger partial charge in [0.25, 0.3) is 5.89 Å². The first kappa shape index (κ1) is 18.5. The minimum atomic E-state index is -0.640. The van der Waals surface area contributed by atoms with E-state index in [4.69, 9.17) is 9.15 Å². The van der Waals surface area contributed by atoms with E-state index in [-0.39, 0.29) is 28.1 Å². The number of nitriles is 1. The molecule has 0 spiro atoms. The first-order valence-electron chi connectivity index (χ1n) is 8.32. The van der Waals surface area contributed by atoms with Gasteiger partial charge in [0, 0.05) is 26.3 Å². The van der Waals surface area contributed by atoms with E-state index in [9.17, 15) is 10.1 Å². The molecule has 27 heavy (non-hydrogen) atoms. The Morgan fingerprint density at radius 3 is 2.70 bits per heavy atom. The van der Waals surface area contributed by atoms with Gasteiger partial charge in [0.15, 0.2) is 11.4 Å². The van der Waals surface area contributed by atoms with Gasteiger partial charge in [-0.05, 0) is 18.1 Å². The van der Waals surface area contributed by atoms with Crippen LogP contribution in [0.2, 0.25) is 0 Å². The Morgan fingerprint density at radius 2 is 2.07 bits per heavy atom. The third-order valence-electron chi connectivity index (χ3n) is 4.37. The molecule has 1 heterocycles. The lowest BCUT2D eigenvalue weighted by atomic mass is 9.95. The summed E-state index contributed by atoms with van der Waals surface area (Å²) in [6, 6.07) is 10.9. The molecule has 0 radical (unpaired) electrons. The average Bonchev–Trinajstić information content (AvgIpc) is 3.12. The van der Waals surface area contributed by atoms with E-state index in [2.05, 4.69) is 11.1 Å². The van der Waals surface area contributed by atoms with Gasteiger partial charge in [-0.2, -0.15) is 5.26 Å². The SMILES string of the molecule is COCCN(C)C(=O)c1nc2c(C#N)c(C)c(-c3ccccc3)c(F)c2o1. The Labute approximate surface area is 155 Å². The third kappa shape index (κ3) is 3.27. The van der Waals surface area contributed by atoms with Crippen molar-refractivity contribution in [1.29, 1.82) is 5.26 Å². The van der Waals surface area contributed by atoms with E-state index in [1.807, 2.05) is 6.07 Å². The molecule has 0 N–H and O–H groups in total. The molecule has 0 atom stereocenters. The molecule has 0 aliphatic carbocycles. The van der Waals surface area contributed by atoms with E-state index < -0.39 is 11.7 Å². The number of fused-ring (bicyclic) bond motifs is 1. The molecule has 0 bridgehead atoms. The van der Waals surface area contributed by atoms with Crippen LogP contribution in [0.3, 0.4) is 0 Å². The summed E-state index contributed by atoms with van der Waals surface area (Å²) in [5.74, 6) is -1.41. The maximum absolute atomic E-state index is 15.2. The van der Waals surface area contributed by atoms with E-state index in [0.717, 1.165) is 0 Å². The molecule has 1 amide bonds. The lowest BCUT2D eigenvalue weighted by Gasteiger charge is -2.13. The summed E-state index contributed by atoms with van der Waals surface area (Å²) in [5.41, 5.74) is 1.38. The largest absolute Gasteiger partial charge is 0.429 e. The van der Waals surface area contributed by atoms with Crippen LogP contribution >= 0.6 is 0 Å². The standard InChI is InChI=1S/C20H18FN3O3/c1-12-14(11-22)17-18(16(21)15(12)13-7-5-4-6-8-13)27-19(23-17)20(25)24(2)9-10-26-3/h4-8H,9-10H2,1-3H3. The smallest absolute Gasteiger partial charge is 0.309 e. The summed E-state index contributed by atoms with van der Waals surface area (Å²) >= 11 is 0. The minimum absolute atomic E-state index is 0.0515. The number of carbonyl (C=O) groups excluding carboxylic acids is 1. The zero-order valence-corrected chi connectivity index (χ0v) is 15.2. The van der Waals surface area contributed by atoms with Gasteiger partial charge in [-0.15, -0.1) is 0 Å². The Morgan fingerprint density at radius 1 is 1.37 bits per heavy atom. The highest BCUT2D eigenvalue weighted by Gasteiger charge is 2.26. The van der Waals surface area contributed by atoms with Gasteiger partial charge in [0.2, 0.25) is 0 Å². The fourth-order valence-electron chi connectivity index (χ4n) is 2.89. The molecule has 0 saturated carbocycles. The number of rotatable bonds is 5. The van der Waals surface area contributed by atoms with Gasteiger partial charge in [0.1, 0.15) is 11.6 Å². The Bertz CT molecular complexity index is 1040. The number of halogens is 1. The average molecular weight is 367 g/mol. The molecular formula is C20H18FN3O3.